The smallest absolute Gasteiger partial charge is 0.142 e. The second-order valence-corrected chi connectivity index (χ2v) is 6.93. The normalized spacial score (nSPS) is 11.1. The number of rotatable bonds is 5. The van der Waals surface area contributed by atoms with Crippen molar-refractivity contribution in [2.24, 2.45) is 10.2 Å². The van der Waals surface area contributed by atoms with Crippen LogP contribution in [0.15, 0.2) is 93.6 Å². The molecule has 4 rings (SSSR count). The van der Waals surface area contributed by atoms with Crippen LogP contribution in [0.1, 0.15) is 5.76 Å². The van der Waals surface area contributed by atoms with Crippen molar-refractivity contribution in [2.75, 3.05) is 19.0 Å². The Hall–Kier alpha value is -3.73. The van der Waals surface area contributed by atoms with Crippen molar-refractivity contribution in [3.05, 3.63) is 84.6 Å². The molecule has 0 saturated heterocycles. The Bertz CT molecular complexity index is 1130. The minimum Gasteiger partial charge on any atom is -0.375 e. The number of para-hydroxylation sites is 1. The van der Waals surface area contributed by atoms with Crippen LogP contribution in [0.3, 0.4) is 0 Å². The van der Waals surface area contributed by atoms with Gasteiger partial charge in [0.1, 0.15) is 17.1 Å². The predicted octanol–water partition coefficient (Wildman–Crippen LogP) is 6.80. The maximum absolute atomic E-state index is 5.59. The van der Waals surface area contributed by atoms with Crippen LogP contribution in [0, 0.1) is 6.92 Å². The molecule has 4 aromatic rings. The summed E-state index contributed by atoms with van der Waals surface area (Å²) in [5.74, 6) is 0.768. The molecule has 0 saturated carbocycles. The molecule has 0 radical (unpaired) electrons. The highest BCUT2D eigenvalue weighted by Crippen LogP contribution is 2.43. The van der Waals surface area contributed by atoms with Crippen LogP contribution in [-0.2, 0) is 0 Å². The summed E-state index contributed by atoms with van der Waals surface area (Å²) in [6.07, 6.45) is 0. The highest BCUT2D eigenvalue weighted by molar-refractivity contribution is 5.93. The second kappa shape index (κ2) is 8.10. The largest absolute Gasteiger partial charge is 0.375 e. The fraction of sp³-hybridized carbons (Fsp3) is 0.125. The summed E-state index contributed by atoms with van der Waals surface area (Å²) >= 11 is 0. The monoisotopic (exact) mass is 382 g/mol. The summed E-state index contributed by atoms with van der Waals surface area (Å²) in [5.41, 5.74) is 6.39. The van der Waals surface area contributed by atoms with Crippen molar-refractivity contribution in [2.45, 2.75) is 6.92 Å². The highest BCUT2D eigenvalue weighted by Gasteiger charge is 2.21. The van der Waals surface area contributed by atoms with E-state index in [0.717, 1.165) is 45.2 Å². The fourth-order valence-electron chi connectivity index (χ4n) is 3.37. The zero-order chi connectivity index (χ0) is 20.2. The molecule has 0 spiro atoms. The van der Waals surface area contributed by atoms with Crippen LogP contribution < -0.4 is 4.90 Å². The third-order valence-corrected chi connectivity index (χ3v) is 4.67. The zero-order valence-corrected chi connectivity index (χ0v) is 16.7. The molecule has 0 bridgehead atoms. The minimum atomic E-state index is 0.768. The van der Waals surface area contributed by atoms with Gasteiger partial charge in [-0.05, 0) is 25.1 Å². The summed E-state index contributed by atoms with van der Waals surface area (Å²) in [7, 11) is 4.01. The van der Waals surface area contributed by atoms with Gasteiger partial charge in [0.2, 0.25) is 0 Å². The van der Waals surface area contributed by atoms with Crippen LogP contribution >= 0.6 is 0 Å². The molecule has 0 amide bonds. The van der Waals surface area contributed by atoms with Crippen molar-refractivity contribution in [1.82, 2.24) is 5.16 Å². The van der Waals surface area contributed by atoms with E-state index in [2.05, 4.69) is 26.4 Å². The molecule has 0 unspecified atom stereocenters. The first kappa shape index (κ1) is 18.6. The number of nitrogens with zero attached hydrogens (tertiary/aromatic N) is 4. The minimum absolute atomic E-state index is 0.768. The molecule has 0 aliphatic rings. The lowest BCUT2D eigenvalue weighted by atomic mass is 9.97. The van der Waals surface area contributed by atoms with Crippen LogP contribution in [0.5, 0.6) is 0 Å². The molecule has 0 fully saturated rings. The summed E-state index contributed by atoms with van der Waals surface area (Å²) in [4.78, 5) is 2.05. The van der Waals surface area contributed by atoms with Gasteiger partial charge in [-0.1, -0.05) is 65.8 Å². The van der Waals surface area contributed by atoms with E-state index < -0.39 is 0 Å². The number of aromatic nitrogens is 1. The van der Waals surface area contributed by atoms with Crippen LogP contribution in [0.25, 0.3) is 22.4 Å². The Kier molecular flexibility index (Phi) is 5.20. The second-order valence-electron chi connectivity index (χ2n) is 6.93. The summed E-state index contributed by atoms with van der Waals surface area (Å²) in [6.45, 7) is 1.94. The molecule has 0 N–H and O–H groups in total. The fourth-order valence-corrected chi connectivity index (χ4v) is 3.37. The van der Waals surface area contributed by atoms with Gasteiger partial charge in [-0.15, -0.1) is 5.11 Å². The Labute approximate surface area is 170 Å². The van der Waals surface area contributed by atoms with E-state index in [0.29, 0.717) is 0 Å². The van der Waals surface area contributed by atoms with E-state index in [4.69, 9.17) is 4.52 Å². The molecule has 3 aromatic carbocycles. The van der Waals surface area contributed by atoms with Crippen molar-refractivity contribution < 1.29 is 4.52 Å². The summed E-state index contributed by atoms with van der Waals surface area (Å²) < 4.78 is 5.59. The molecule has 1 aromatic heterocycles. The molecular formula is C24H22N4O. The molecule has 5 nitrogen and oxygen atoms in total. The molecule has 0 aliphatic heterocycles. The molecule has 0 aliphatic carbocycles. The molecular weight excluding hydrogens is 360 g/mol. The maximum Gasteiger partial charge on any atom is 0.142 e. The lowest BCUT2D eigenvalue weighted by molar-refractivity contribution is 0.400. The highest BCUT2D eigenvalue weighted by atomic mass is 16.5. The molecule has 144 valence electrons. The third kappa shape index (κ3) is 3.80. The van der Waals surface area contributed by atoms with Crippen LogP contribution in [0.4, 0.5) is 17.1 Å². The van der Waals surface area contributed by atoms with Gasteiger partial charge in [0.15, 0.2) is 0 Å². The number of benzene rings is 3. The Morgan fingerprint density at radius 2 is 1.48 bits per heavy atom. The van der Waals surface area contributed by atoms with E-state index >= 15 is 0 Å². The van der Waals surface area contributed by atoms with Crippen molar-refractivity contribution in [3.8, 4) is 22.4 Å². The van der Waals surface area contributed by atoms with Gasteiger partial charge in [-0.3, -0.25) is 0 Å². The predicted molar refractivity (Wildman–Crippen MR) is 117 cm³/mol. The van der Waals surface area contributed by atoms with Gasteiger partial charge >= 0.3 is 0 Å². The first-order valence-electron chi connectivity index (χ1n) is 9.44. The summed E-state index contributed by atoms with van der Waals surface area (Å²) in [6, 6.07) is 25.8. The average Bonchev–Trinajstić information content (AvgIpc) is 3.14. The first-order chi connectivity index (χ1) is 14.1. The van der Waals surface area contributed by atoms with Gasteiger partial charge in [-0.25, -0.2) is 0 Å². The summed E-state index contributed by atoms with van der Waals surface area (Å²) in [5, 5.41) is 13.3. The molecule has 5 heteroatoms. The van der Waals surface area contributed by atoms with E-state index in [1.54, 1.807) is 0 Å². The Balaban J connectivity index is 1.86. The Morgan fingerprint density at radius 3 is 2.17 bits per heavy atom. The van der Waals surface area contributed by atoms with E-state index in [1.165, 1.54) is 0 Å². The van der Waals surface area contributed by atoms with Gasteiger partial charge in [-0.2, -0.15) is 5.11 Å². The standard InChI is InChI=1S/C24H22N4O/c1-17-22(23(27-29-17)18-11-6-4-7-12-18)20-15-10-16-21(24(20)28(2)3)26-25-19-13-8-5-9-14-19/h4-16H,1-3H3. The van der Waals surface area contributed by atoms with Crippen LogP contribution in [-0.4, -0.2) is 19.3 Å². The quantitative estimate of drug-likeness (QED) is 0.357. The van der Waals surface area contributed by atoms with Crippen molar-refractivity contribution >= 4 is 17.1 Å². The number of azo groups is 1. The van der Waals surface area contributed by atoms with Crippen molar-refractivity contribution in [1.29, 1.82) is 0 Å². The van der Waals surface area contributed by atoms with E-state index in [1.807, 2.05) is 93.8 Å². The topological polar surface area (TPSA) is 54.0 Å². The van der Waals surface area contributed by atoms with Gasteiger partial charge < -0.3 is 9.42 Å². The van der Waals surface area contributed by atoms with Crippen LogP contribution in [0.2, 0.25) is 0 Å². The van der Waals surface area contributed by atoms with E-state index in [-0.39, 0.29) is 0 Å². The number of anilines is 1. The number of aryl methyl sites for hydroxylation is 1. The lowest BCUT2D eigenvalue weighted by Crippen LogP contribution is -2.10. The molecule has 29 heavy (non-hydrogen) atoms. The Morgan fingerprint density at radius 1 is 0.793 bits per heavy atom. The number of hydrogen-bond donors (Lipinski definition) is 0. The molecule has 1 heterocycles. The lowest BCUT2D eigenvalue weighted by Gasteiger charge is -2.19. The third-order valence-electron chi connectivity index (χ3n) is 4.67. The first-order valence-corrected chi connectivity index (χ1v) is 9.44. The average molecular weight is 382 g/mol. The number of hydrogen-bond acceptors (Lipinski definition) is 5. The van der Waals surface area contributed by atoms with Gasteiger partial charge in [0.05, 0.1) is 16.9 Å². The van der Waals surface area contributed by atoms with E-state index in [9.17, 15) is 0 Å². The SMILES string of the molecule is Cc1onc(-c2ccccc2)c1-c1cccc(N=Nc2ccccc2)c1N(C)C. The van der Waals surface area contributed by atoms with Gasteiger partial charge in [0.25, 0.3) is 0 Å². The maximum atomic E-state index is 5.59. The van der Waals surface area contributed by atoms with Crippen molar-refractivity contribution in [3.63, 3.8) is 0 Å². The van der Waals surface area contributed by atoms with Gasteiger partial charge in [0, 0.05) is 25.2 Å². The zero-order valence-electron chi connectivity index (χ0n) is 16.7. The molecule has 0 atom stereocenters.